The molecule has 2 rings (SSSR count). The predicted octanol–water partition coefficient (Wildman–Crippen LogP) is 1.86. The van der Waals surface area contributed by atoms with Gasteiger partial charge < -0.3 is 10.5 Å². The Morgan fingerprint density at radius 3 is 2.24 bits per heavy atom. The van der Waals surface area contributed by atoms with E-state index < -0.39 is 0 Å². The summed E-state index contributed by atoms with van der Waals surface area (Å²) >= 11 is 0. The fourth-order valence-corrected chi connectivity index (χ4v) is 3.20. The lowest BCUT2D eigenvalue weighted by atomic mass is 10.00. The second-order valence-electron chi connectivity index (χ2n) is 6.24. The van der Waals surface area contributed by atoms with Crippen LogP contribution in [0.4, 0.5) is 0 Å². The lowest BCUT2D eigenvalue weighted by molar-refractivity contribution is 0.0352. The molecule has 4 nitrogen and oxygen atoms in total. The Hall–Kier alpha value is -0.940. The average Bonchev–Trinajstić information content (AvgIpc) is 2.47. The smallest absolute Gasteiger partial charge is 0.0713 e. The molecule has 0 aromatic heterocycles. The molecule has 118 valence electrons. The predicted molar refractivity (Wildman–Crippen MR) is 87.2 cm³/mol. The molecule has 3 unspecified atom stereocenters. The molecule has 1 aromatic carbocycles. The Labute approximate surface area is 128 Å². The van der Waals surface area contributed by atoms with Gasteiger partial charge in [0.25, 0.3) is 0 Å². The van der Waals surface area contributed by atoms with E-state index in [1.165, 1.54) is 11.1 Å². The minimum absolute atomic E-state index is 0.306. The van der Waals surface area contributed by atoms with Crippen molar-refractivity contribution in [1.82, 2.24) is 9.80 Å². The van der Waals surface area contributed by atoms with E-state index in [0.29, 0.717) is 31.3 Å². The van der Waals surface area contributed by atoms with Crippen LogP contribution >= 0.6 is 0 Å². The number of piperazine rings is 1. The number of likely N-dealkylation sites (N-methyl/N-ethyl adjacent to an activating group) is 1. The van der Waals surface area contributed by atoms with Crippen molar-refractivity contribution >= 4 is 0 Å². The SMILES string of the molecule is COCc1ccc(C(CN)N2CC(C)N(C)C(C)C2)cc1. The van der Waals surface area contributed by atoms with Crippen molar-refractivity contribution in [1.29, 1.82) is 0 Å². The quantitative estimate of drug-likeness (QED) is 0.899. The first kappa shape index (κ1) is 16.4. The normalized spacial score (nSPS) is 26.0. The Balaban J connectivity index is 2.11. The second-order valence-corrected chi connectivity index (χ2v) is 6.24. The maximum atomic E-state index is 6.08. The molecule has 1 saturated heterocycles. The van der Waals surface area contributed by atoms with Crippen LogP contribution in [0, 0.1) is 0 Å². The number of hydrogen-bond donors (Lipinski definition) is 1. The largest absolute Gasteiger partial charge is 0.380 e. The maximum absolute atomic E-state index is 6.08. The summed E-state index contributed by atoms with van der Waals surface area (Å²) in [5, 5.41) is 0. The van der Waals surface area contributed by atoms with Crippen LogP contribution in [-0.4, -0.2) is 55.7 Å². The number of benzene rings is 1. The zero-order chi connectivity index (χ0) is 15.4. The molecule has 1 heterocycles. The molecule has 2 N–H and O–H groups in total. The van der Waals surface area contributed by atoms with E-state index >= 15 is 0 Å². The van der Waals surface area contributed by atoms with Crippen molar-refractivity contribution < 1.29 is 4.74 Å². The van der Waals surface area contributed by atoms with Gasteiger partial charge >= 0.3 is 0 Å². The zero-order valence-corrected chi connectivity index (χ0v) is 13.7. The van der Waals surface area contributed by atoms with Gasteiger partial charge in [-0.2, -0.15) is 0 Å². The Bertz CT molecular complexity index is 422. The molecule has 1 aromatic rings. The summed E-state index contributed by atoms with van der Waals surface area (Å²) in [7, 11) is 3.94. The Kier molecular flexibility index (Phi) is 5.76. The number of rotatable bonds is 5. The van der Waals surface area contributed by atoms with Crippen LogP contribution in [0.15, 0.2) is 24.3 Å². The highest BCUT2D eigenvalue weighted by Crippen LogP contribution is 2.25. The van der Waals surface area contributed by atoms with Gasteiger partial charge in [-0.25, -0.2) is 0 Å². The van der Waals surface area contributed by atoms with Crippen molar-refractivity contribution in [2.24, 2.45) is 5.73 Å². The van der Waals surface area contributed by atoms with Crippen LogP contribution in [0.5, 0.6) is 0 Å². The van der Waals surface area contributed by atoms with Crippen LogP contribution in [-0.2, 0) is 11.3 Å². The highest BCUT2D eigenvalue weighted by atomic mass is 16.5. The van der Waals surface area contributed by atoms with Gasteiger partial charge in [0.15, 0.2) is 0 Å². The number of nitrogens with two attached hydrogens (primary N) is 1. The van der Waals surface area contributed by atoms with Gasteiger partial charge in [-0.3, -0.25) is 9.80 Å². The molecule has 0 saturated carbocycles. The third kappa shape index (κ3) is 3.83. The summed E-state index contributed by atoms with van der Waals surface area (Å²) in [6.07, 6.45) is 0. The van der Waals surface area contributed by atoms with Crippen LogP contribution < -0.4 is 5.73 Å². The van der Waals surface area contributed by atoms with E-state index in [1.807, 2.05) is 0 Å². The Morgan fingerprint density at radius 2 is 1.76 bits per heavy atom. The number of nitrogens with zero attached hydrogens (tertiary/aromatic N) is 2. The monoisotopic (exact) mass is 291 g/mol. The minimum atomic E-state index is 0.306. The van der Waals surface area contributed by atoms with E-state index in [9.17, 15) is 0 Å². The van der Waals surface area contributed by atoms with Crippen LogP contribution in [0.2, 0.25) is 0 Å². The first-order chi connectivity index (χ1) is 10.1. The number of hydrogen-bond acceptors (Lipinski definition) is 4. The summed E-state index contributed by atoms with van der Waals surface area (Å²) in [4.78, 5) is 4.98. The standard InChI is InChI=1S/C17H29N3O/c1-13-10-20(11-14(2)19(13)3)17(9-18)16-7-5-15(6-8-16)12-21-4/h5-8,13-14,17H,9-12,18H2,1-4H3. The average molecular weight is 291 g/mol. The van der Waals surface area contributed by atoms with Gasteiger partial charge in [0, 0.05) is 44.9 Å². The van der Waals surface area contributed by atoms with Gasteiger partial charge in [-0.1, -0.05) is 24.3 Å². The van der Waals surface area contributed by atoms with Crippen molar-refractivity contribution in [3.05, 3.63) is 35.4 Å². The zero-order valence-electron chi connectivity index (χ0n) is 13.7. The molecule has 1 aliphatic rings. The molecule has 0 spiro atoms. The number of methoxy groups -OCH3 is 1. The molecule has 1 aliphatic heterocycles. The lowest BCUT2D eigenvalue weighted by Crippen LogP contribution is -2.56. The van der Waals surface area contributed by atoms with Gasteiger partial charge in [-0.15, -0.1) is 0 Å². The van der Waals surface area contributed by atoms with Crippen molar-refractivity contribution in [3.63, 3.8) is 0 Å². The van der Waals surface area contributed by atoms with Crippen molar-refractivity contribution in [2.75, 3.05) is 33.8 Å². The van der Waals surface area contributed by atoms with Gasteiger partial charge in [0.2, 0.25) is 0 Å². The summed E-state index contributed by atoms with van der Waals surface area (Å²) in [5.41, 5.74) is 8.59. The summed E-state index contributed by atoms with van der Waals surface area (Å²) in [6.45, 7) is 8.05. The topological polar surface area (TPSA) is 41.7 Å². The first-order valence-electron chi connectivity index (χ1n) is 7.80. The molecule has 0 radical (unpaired) electrons. The second kappa shape index (κ2) is 7.36. The maximum Gasteiger partial charge on any atom is 0.0713 e. The minimum Gasteiger partial charge on any atom is -0.380 e. The van der Waals surface area contributed by atoms with Crippen molar-refractivity contribution in [3.8, 4) is 0 Å². The lowest BCUT2D eigenvalue weighted by Gasteiger charge is -2.45. The molecule has 0 bridgehead atoms. The van der Waals surface area contributed by atoms with Crippen molar-refractivity contribution in [2.45, 2.75) is 38.6 Å². The highest BCUT2D eigenvalue weighted by molar-refractivity contribution is 5.25. The summed E-state index contributed by atoms with van der Waals surface area (Å²) in [6, 6.07) is 10.1. The van der Waals surface area contributed by atoms with Gasteiger partial charge in [-0.05, 0) is 32.0 Å². The molecule has 0 aliphatic carbocycles. The Morgan fingerprint density at radius 1 is 1.19 bits per heavy atom. The van der Waals surface area contributed by atoms with E-state index in [1.54, 1.807) is 7.11 Å². The first-order valence-corrected chi connectivity index (χ1v) is 7.80. The van der Waals surface area contributed by atoms with Gasteiger partial charge in [0.1, 0.15) is 0 Å². The molecule has 4 heteroatoms. The molecule has 0 amide bonds. The van der Waals surface area contributed by atoms with E-state index in [4.69, 9.17) is 10.5 Å². The molecule has 3 atom stereocenters. The third-order valence-corrected chi connectivity index (χ3v) is 4.73. The molecular weight excluding hydrogens is 262 g/mol. The van der Waals surface area contributed by atoms with Crippen LogP contribution in [0.3, 0.4) is 0 Å². The third-order valence-electron chi connectivity index (χ3n) is 4.73. The summed E-state index contributed by atoms with van der Waals surface area (Å²) < 4.78 is 5.17. The van der Waals surface area contributed by atoms with Crippen LogP contribution in [0.1, 0.15) is 31.0 Å². The van der Waals surface area contributed by atoms with E-state index in [0.717, 1.165) is 13.1 Å². The fourth-order valence-electron chi connectivity index (χ4n) is 3.20. The van der Waals surface area contributed by atoms with E-state index in [2.05, 4.69) is 55.0 Å². The van der Waals surface area contributed by atoms with E-state index in [-0.39, 0.29) is 0 Å². The number of ether oxygens (including phenoxy) is 1. The molecular formula is C17H29N3O. The summed E-state index contributed by atoms with van der Waals surface area (Å²) in [5.74, 6) is 0. The highest BCUT2D eigenvalue weighted by Gasteiger charge is 2.30. The van der Waals surface area contributed by atoms with Crippen LogP contribution in [0.25, 0.3) is 0 Å². The molecule has 21 heavy (non-hydrogen) atoms. The fraction of sp³-hybridized carbons (Fsp3) is 0.647. The molecule has 1 fully saturated rings. The van der Waals surface area contributed by atoms with Gasteiger partial charge in [0.05, 0.1) is 6.61 Å².